The maximum Gasteiger partial charge on any atom is 0.422 e. The number of nitrogens with zero attached hydrogens (tertiary/aromatic N) is 2. The summed E-state index contributed by atoms with van der Waals surface area (Å²) >= 11 is 0. The van der Waals surface area contributed by atoms with Gasteiger partial charge in [0.2, 0.25) is 0 Å². The first kappa shape index (κ1) is 18.0. The van der Waals surface area contributed by atoms with Crippen molar-refractivity contribution in [2.45, 2.75) is 33.4 Å². The normalized spacial score (nSPS) is 11.7. The molecule has 0 atom stereocenters. The number of hydrogen-bond donors (Lipinski definition) is 0. The summed E-state index contributed by atoms with van der Waals surface area (Å²) < 4.78 is 40.0. The van der Waals surface area contributed by atoms with Gasteiger partial charge >= 0.3 is 12.3 Å². The Morgan fingerprint density at radius 1 is 1.05 bits per heavy atom. The number of amides is 1. The zero-order valence-electron chi connectivity index (χ0n) is 11.8. The van der Waals surface area contributed by atoms with Gasteiger partial charge in [0.25, 0.3) is 0 Å². The SMILES string of the molecule is CCN(CC)CCCN(CC)C(=O)OCC(F)(F)F. The van der Waals surface area contributed by atoms with Crippen molar-refractivity contribution in [2.75, 3.05) is 39.3 Å². The fourth-order valence-electron chi connectivity index (χ4n) is 1.64. The molecular formula is C12H23F3N2O2. The quantitative estimate of drug-likeness (QED) is 0.687. The van der Waals surface area contributed by atoms with Gasteiger partial charge in [-0.2, -0.15) is 13.2 Å². The molecule has 0 aliphatic carbocycles. The zero-order valence-corrected chi connectivity index (χ0v) is 11.8. The summed E-state index contributed by atoms with van der Waals surface area (Å²) in [5.74, 6) is 0. The molecule has 0 unspecified atom stereocenters. The van der Waals surface area contributed by atoms with E-state index < -0.39 is 18.9 Å². The summed E-state index contributed by atoms with van der Waals surface area (Å²) in [6, 6.07) is 0. The second kappa shape index (κ2) is 9.01. The minimum absolute atomic E-state index is 0.342. The smallest absolute Gasteiger partial charge is 0.422 e. The lowest BCUT2D eigenvalue weighted by molar-refractivity contribution is -0.162. The second-order valence-electron chi connectivity index (χ2n) is 4.13. The van der Waals surface area contributed by atoms with Gasteiger partial charge in [0, 0.05) is 13.1 Å². The fraction of sp³-hybridized carbons (Fsp3) is 0.917. The van der Waals surface area contributed by atoms with Crippen LogP contribution in [0.5, 0.6) is 0 Å². The Bertz CT molecular complexity index is 256. The molecule has 0 aromatic rings. The highest BCUT2D eigenvalue weighted by molar-refractivity contribution is 5.67. The molecule has 0 aliphatic heterocycles. The molecule has 114 valence electrons. The molecule has 7 heteroatoms. The molecule has 0 spiro atoms. The molecule has 1 amide bonds. The summed E-state index contributed by atoms with van der Waals surface area (Å²) in [6.07, 6.45) is -4.66. The number of halogens is 3. The standard InChI is InChI=1S/C12H23F3N2O2/c1-4-16(5-2)8-7-9-17(6-3)11(18)19-10-12(13,14)15/h4-10H2,1-3H3. The van der Waals surface area contributed by atoms with Crippen LogP contribution in [0, 0.1) is 0 Å². The predicted octanol–water partition coefficient (Wildman–Crippen LogP) is 2.74. The molecule has 0 saturated heterocycles. The molecule has 0 fully saturated rings. The van der Waals surface area contributed by atoms with E-state index in [0.717, 1.165) is 26.1 Å². The van der Waals surface area contributed by atoms with Gasteiger partial charge in [-0.3, -0.25) is 0 Å². The van der Waals surface area contributed by atoms with Crippen molar-refractivity contribution in [3.05, 3.63) is 0 Å². The molecule has 0 N–H and O–H groups in total. The first-order valence-corrected chi connectivity index (χ1v) is 6.54. The summed E-state index contributed by atoms with van der Waals surface area (Å²) in [5, 5.41) is 0. The summed E-state index contributed by atoms with van der Waals surface area (Å²) in [7, 11) is 0. The highest BCUT2D eigenvalue weighted by Crippen LogP contribution is 2.15. The number of carbonyl (C=O) groups is 1. The van der Waals surface area contributed by atoms with Gasteiger partial charge in [0.05, 0.1) is 0 Å². The monoisotopic (exact) mass is 284 g/mol. The lowest BCUT2D eigenvalue weighted by atomic mass is 10.3. The van der Waals surface area contributed by atoms with Gasteiger partial charge in [-0.15, -0.1) is 0 Å². The van der Waals surface area contributed by atoms with E-state index in [4.69, 9.17) is 0 Å². The second-order valence-corrected chi connectivity index (χ2v) is 4.13. The third-order valence-electron chi connectivity index (χ3n) is 2.80. The van der Waals surface area contributed by atoms with Crippen LogP contribution in [0.3, 0.4) is 0 Å². The molecule has 0 aromatic carbocycles. The van der Waals surface area contributed by atoms with Crippen LogP contribution in [-0.4, -0.2) is 61.4 Å². The van der Waals surface area contributed by atoms with Crippen LogP contribution in [0.15, 0.2) is 0 Å². The Balaban J connectivity index is 4.02. The van der Waals surface area contributed by atoms with Gasteiger partial charge in [-0.05, 0) is 33.0 Å². The number of alkyl halides is 3. The first-order valence-electron chi connectivity index (χ1n) is 6.54. The van der Waals surface area contributed by atoms with Crippen LogP contribution in [0.1, 0.15) is 27.2 Å². The van der Waals surface area contributed by atoms with Gasteiger partial charge < -0.3 is 14.5 Å². The fourth-order valence-corrected chi connectivity index (χ4v) is 1.64. The van der Waals surface area contributed by atoms with Crippen molar-refractivity contribution in [3.8, 4) is 0 Å². The van der Waals surface area contributed by atoms with Crippen LogP contribution in [0.25, 0.3) is 0 Å². The number of rotatable bonds is 8. The largest absolute Gasteiger partial charge is 0.440 e. The molecule has 0 bridgehead atoms. The molecule has 0 rings (SSSR count). The third-order valence-corrected chi connectivity index (χ3v) is 2.80. The highest BCUT2D eigenvalue weighted by Gasteiger charge is 2.30. The summed E-state index contributed by atoms with van der Waals surface area (Å²) in [6.45, 7) is 7.67. The van der Waals surface area contributed by atoms with Crippen molar-refractivity contribution in [2.24, 2.45) is 0 Å². The highest BCUT2D eigenvalue weighted by atomic mass is 19.4. The van der Waals surface area contributed by atoms with Gasteiger partial charge in [-0.25, -0.2) is 4.79 Å². The Morgan fingerprint density at radius 3 is 2.05 bits per heavy atom. The van der Waals surface area contributed by atoms with Crippen molar-refractivity contribution in [1.82, 2.24) is 9.80 Å². The number of hydrogen-bond acceptors (Lipinski definition) is 3. The summed E-state index contributed by atoms with van der Waals surface area (Å²) in [4.78, 5) is 14.9. The van der Waals surface area contributed by atoms with E-state index in [9.17, 15) is 18.0 Å². The Kier molecular flexibility index (Phi) is 8.54. The minimum atomic E-state index is -4.48. The number of carbonyl (C=O) groups excluding carboxylic acids is 1. The van der Waals surface area contributed by atoms with Crippen LogP contribution in [0.4, 0.5) is 18.0 Å². The molecule has 4 nitrogen and oxygen atoms in total. The van der Waals surface area contributed by atoms with E-state index in [2.05, 4.69) is 9.64 Å². The van der Waals surface area contributed by atoms with Crippen molar-refractivity contribution in [3.63, 3.8) is 0 Å². The predicted molar refractivity (Wildman–Crippen MR) is 67.1 cm³/mol. The summed E-state index contributed by atoms with van der Waals surface area (Å²) in [5.41, 5.74) is 0. The Hall–Kier alpha value is -0.980. The molecular weight excluding hydrogens is 261 g/mol. The number of ether oxygens (including phenoxy) is 1. The van der Waals surface area contributed by atoms with E-state index in [1.54, 1.807) is 6.92 Å². The molecule has 0 radical (unpaired) electrons. The molecule has 0 aliphatic rings. The average Bonchev–Trinajstić information content (AvgIpc) is 2.35. The van der Waals surface area contributed by atoms with Gasteiger partial charge in [-0.1, -0.05) is 13.8 Å². The Labute approximate surface area is 112 Å². The van der Waals surface area contributed by atoms with Crippen molar-refractivity contribution < 1.29 is 22.7 Å². The molecule has 19 heavy (non-hydrogen) atoms. The van der Waals surface area contributed by atoms with Crippen LogP contribution < -0.4 is 0 Å². The average molecular weight is 284 g/mol. The van der Waals surface area contributed by atoms with Crippen LogP contribution in [-0.2, 0) is 4.74 Å². The van der Waals surface area contributed by atoms with Crippen LogP contribution >= 0.6 is 0 Å². The lowest BCUT2D eigenvalue weighted by Crippen LogP contribution is -2.36. The topological polar surface area (TPSA) is 32.8 Å². The molecule has 0 saturated carbocycles. The van der Waals surface area contributed by atoms with E-state index >= 15 is 0 Å². The van der Waals surface area contributed by atoms with E-state index in [-0.39, 0.29) is 0 Å². The lowest BCUT2D eigenvalue weighted by Gasteiger charge is -2.23. The van der Waals surface area contributed by atoms with Gasteiger partial charge in [0.15, 0.2) is 6.61 Å². The van der Waals surface area contributed by atoms with Crippen molar-refractivity contribution >= 4 is 6.09 Å². The molecule has 0 aromatic heterocycles. The maximum atomic E-state index is 11.9. The van der Waals surface area contributed by atoms with E-state index in [1.807, 2.05) is 13.8 Å². The molecule has 0 heterocycles. The maximum absolute atomic E-state index is 11.9. The van der Waals surface area contributed by atoms with E-state index in [0.29, 0.717) is 13.1 Å². The minimum Gasteiger partial charge on any atom is -0.440 e. The third kappa shape index (κ3) is 8.69. The van der Waals surface area contributed by atoms with E-state index in [1.165, 1.54) is 4.90 Å². The Morgan fingerprint density at radius 2 is 1.63 bits per heavy atom. The van der Waals surface area contributed by atoms with Crippen LogP contribution in [0.2, 0.25) is 0 Å². The van der Waals surface area contributed by atoms with Crippen molar-refractivity contribution in [1.29, 1.82) is 0 Å². The zero-order chi connectivity index (χ0) is 14.9. The first-order chi connectivity index (χ1) is 8.84. The van der Waals surface area contributed by atoms with Gasteiger partial charge in [0.1, 0.15) is 0 Å².